The zero-order valence-electron chi connectivity index (χ0n) is 14.3. The number of rotatable bonds is 8. The van der Waals surface area contributed by atoms with E-state index in [0.29, 0.717) is 11.4 Å². The van der Waals surface area contributed by atoms with Gasteiger partial charge in [-0.2, -0.15) is 5.10 Å². The van der Waals surface area contributed by atoms with Gasteiger partial charge < -0.3 is 15.2 Å². The number of carbonyl (C=O) groups is 2. The normalized spacial score (nSPS) is 11.0. The van der Waals surface area contributed by atoms with Gasteiger partial charge in [0.1, 0.15) is 11.4 Å². The molecule has 26 heavy (non-hydrogen) atoms. The molecule has 1 aromatic carbocycles. The lowest BCUT2D eigenvalue weighted by molar-refractivity contribution is -0.139. The summed E-state index contributed by atoms with van der Waals surface area (Å²) < 4.78 is 32.9. The Hall–Kier alpha value is -2.97. The topological polar surface area (TPSA) is 93.5 Å². The summed E-state index contributed by atoms with van der Waals surface area (Å²) in [5, 5.41) is 15.0. The molecule has 0 fully saturated rings. The number of nitrogens with one attached hydrogen (secondary N) is 1. The van der Waals surface area contributed by atoms with E-state index in [1.807, 2.05) is 13.8 Å². The first-order chi connectivity index (χ1) is 12.3. The molecule has 2 rings (SSSR count). The highest BCUT2D eigenvalue weighted by atomic mass is 19.3. The monoisotopic (exact) mass is 367 g/mol. The number of aliphatic carboxylic acids is 1. The van der Waals surface area contributed by atoms with Crippen LogP contribution in [0, 0.1) is 5.92 Å². The number of amides is 1. The predicted molar refractivity (Wildman–Crippen MR) is 89.5 cm³/mol. The van der Waals surface area contributed by atoms with E-state index in [4.69, 9.17) is 9.84 Å². The fraction of sp³-hybridized carbons (Fsp3) is 0.353. The van der Waals surface area contributed by atoms with Gasteiger partial charge in [0, 0.05) is 12.2 Å². The molecule has 2 aromatic rings. The number of benzene rings is 1. The van der Waals surface area contributed by atoms with Crippen LogP contribution in [0.25, 0.3) is 0 Å². The lowest BCUT2D eigenvalue weighted by Crippen LogP contribution is -2.16. The fourth-order valence-corrected chi connectivity index (χ4v) is 2.27. The molecule has 0 aliphatic carbocycles. The highest BCUT2D eigenvalue weighted by Gasteiger charge is 2.25. The summed E-state index contributed by atoms with van der Waals surface area (Å²) in [5.41, 5.74) is -0.251. The van der Waals surface area contributed by atoms with Crippen LogP contribution >= 0.6 is 0 Å². The second-order valence-electron chi connectivity index (χ2n) is 5.98. The Kier molecular flexibility index (Phi) is 6.26. The Bertz CT molecular complexity index is 773. The van der Waals surface area contributed by atoms with E-state index < -0.39 is 30.6 Å². The summed E-state index contributed by atoms with van der Waals surface area (Å²) in [6, 6.07) is 5.90. The van der Waals surface area contributed by atoms with Crippen LogP contribution in [0.2, 0.25) is 0 Å². The third kappa shape index (κ3) is 5.01. The largest absolute Gasteiger partial charge is 0.482 e. The summed E-state index contributed by atoms with van der Waals surface area (Å²) in [5.74, 6) is -1.40. The van der Waals surface area contributed by atoms with Gasteiger partial charge in [-0.25, -0.2) is 13.6 Å². The molecule has 0 saturated heterocycles. The summed E-state index contributed by atoms with van der Waals surface area (Å²) in [7, 11) is 0. The molecule has 1 heterocycles. The van der Waals surface area contributed by atoms with Crippen molar-refractivity contribution in [3.63, 3.8) is 0 Å². The number of nitrogens with zero attached hydrogens (tertiary/aromatic N) is 2. The van der Waals surface area contributed by atoms with E-state index in [2.05, 4.69) is 10.4 Å². The van der Waals surface area contributed by atoms with Crippen LogP contribution in [0.4, 0.5) is 14.5 Å². The van der Waals surface area contributed by atoms with E-state index in [1.54, 1.807) is 0 Å². The molecular formula is C17H19F2N3O4. The maximum atomic E-state index is 13.4. The summed E-state index contributed by atoms with van der Waals surface area (Å²) >= 11 is 0. The Morgan fingerprint density at radius 2 is 1.92 bits per heavy atom. The molecule has 0 bridgehead atoms. The number of carboxylic acids is 1. The number of halogens is 2. The van der Waals surface area contributed by atoms with Gasteiger partial charge in [-0.3, -0.25) is 9.48 Å². The Morgan fingerprint density at radius 3 is 2.46 bits per heavy atom. The molecule has 7 nitrogen and oxygen atoms in total. The van der Waals surface area contributed by atoms with Crippen molar-refractivity contribution >= 4 is 17.6 Å². The van der Waals surface area contributed by atoms with E-state index in [0.717, 1.165) is 10.9 Å². The van der Waals surface area contributed by atoms with Crippen LogP contribution in [-0.2, 0) is 11.3 Å². The molecule has 0 spiro atoms. The van der Waals surface area contributed by atoms with E-state index in [9.17, 15) is 18.4 Å². The quantitative estimate of drug-likeness (QED) is 0.747. The number of carbonyl (C=O) groups excluding carboxylic acids is 1. The molecule has 1 aromatic heterocycles. The first kappa shape index (κ1) is 19.4. The van der Waals surface area contributed by atoms with Gasteiger partial charge in [-0.1, -0.05) is 13.8 Å². The van der Waals surface area contributed by atoms with Crippen molar-refractivity contribution < 1.29 is 28.2 Å². The maximum absolute atomic E-state index is 13.4. The van der Waals surface area contributed by atoms with E-state index in [1.165, 1.54) is 24.3 Å². The van der Waals surface area contributed by atoms with Crippen LogP contribution < -0.4 is 10.1 Å². The summed E-state index contributed by atoms with van der Waals surface area (Å²) in [6.07, 6.45) is -1.70. The molecule has 0 saturated carbocycles. The third-order valence-electron chi connectivity index (χ3n) is 3.34. The summed E-state index contributed by atoms with van der Waals surface area (Å²) in [4.78, 5) is 22.8. The van der Waals surface area contributed by atoms with Crippen molar-refractivity contribution in [2.45, 2.75) is 26.8 Å². The van der Waals surface area contributed by atoms with Crippen molar-refractivity contribution in [3.8, 4) is 5.75 Å². The number of alkyl halides is 2. The van der Waals surface area contributed by atoms with Gasteiger partial charge >= 0.3 is 5.97 Å². The molecule has 0 aliphatic heterocycles. The first-order valence-electron chi connectivity index (χ1n) is 7.87. The molecule has 9 heteroatoms. The number of ether oxygens (including phenoxy) is 1. The van der Waals surface area contributed by atoms with Gasteiger partial charge in [-0.15, -0.1) is 0 Å². The minimum atomic E-state index is -2.83. The molecule has 2 N–H and O–H groups in total. The van der Waals surface area contributed by atoms with Crippen molar-refractivity contribution in [2.24, 2.45) is 5.92 Å². The highest BCUT2D eigenvalue weighted by Crippen LogP contribution is 2.25. The molecule has 0 radical (unpaired) electrons. The number of hydrogen-bond donors (Lipinski definition) is 2. The van der Waals surface area contributed by atoms with Crippen LogP contribution in [0.5, 0.6) is 5.75 Å². The minimum Gasteiger partial charge on any atom is -0.482 e. The van der Waals surface area contributed by atoms with Gasteiger partial charge in [-0.05, 0) is 30.2 Å². The lowest BCUT2D eigenvalue weighted by atomic mass is 10.2. The standard InChI is InChI=1S/C17H19F2N3O4/c1-10(2)8-22-15(16(18)19)13(7-20-22)17(25)21-11-3-5-12(6-4-11)26-9-14(23)24/h3-7,10,16H,8-9H2,1-2H3,(H,21,25)(H,23,24). The number of anilines is 1. The van der Waals surface area contributed by atoms with Crippen LogP contribution in [-0.4, -0.2) is 33.4 Å². The van der Waals surface area contributed by atoms with Gasteiger partial charge in [0.05, 0.1) is 11.8 Å². The zero-order valence-corrected chi connectivity index (χ0v) is 14.3. The Balaban J connectivity index is 2.12. The van der Waals surface area contributed by atoms with E-state index >= 15 is 0 Å². The SMILES string of the molecule is CC(C)Cn1ncc(C(=O)Nc2ccc(OCC(=O)O)cc2)c1C(F)F. The Labute approximate surface area is 148 Å². The third-order valence-corrected chi connectivity index (χ3v) is 3.34. The molecule has 140 valence electrons. The van der Waals surface area contributed by atoms with Crippen molar-refractivity contribution in [2.75, 3.05) is 11.9 Å². The van der Waals surface area contributed by atoms with Crippen LogP contribution in [0.15, 0.2) is 30.5 Å². The van der Waals surface area contributed by atoms with Crippen molar-refractivity contribution in [1.82, 2.24) is 9.78 Å². The number of aromatic nitrogens is 2. The minimum absolute atomic E-state index is 0.0988. The predicted octanol–water partition coefficient (Wildman–Crippen LogP) is 3.19. The fourth-order valence-electron chi connectivity index (χ4n) is 2.27. The molecule has 0 atom stereocenters. The number of hydrogen-bond acceptors (Lipinski definition) is 4. The average molecular weight is 367 g/mol. The second kappa shape index (κ2) is 8.41. The smallest absolute Gasteiger partial charge is 0.341 e. The molecular weight excluding hydrogens is 348 g/mol. The number of carboxylic acid groups (broad SMARTS) is 1. The molecule has 1 amide bonds. The van der Waals surface area contributed by atoms with Gasteiger partial charge in [0.2, 0.25) is 0 Å². The first-order valence-corrected chi connectivity index (χ1v) is 7.87. The average Bonchev–Trinajstić information content (AvgIpc) is 2.97. The van der Waals surface area contributed by atoms with Crippen LogP contribution in [0.1, 0.15) is 36.3 Å². The van der Waals surface area contributed by atoms with Gasteiger partial charge in [0.25, 0.3) is 12.3 Å². The second-order valence-corrected chi connectivity index (χ2v) is 5.98. The van der Waals surface area contributed by atoms with Crippen molar-refractivity contribution in [1.29, 1.82) is 0 Å². The maximum Gasteiger partial charge on any atom is 0.341 e. The Morgan fingerprint density at radius 1 is 1.27 bits per heavy atom. The molecule has 0 aliphatic rings. The zero-order chi connectivity index (χ0) is 19.3. The van der Waals surface area contributed by atoms with E-state index in [-0.39, 0.29) is 18.0 Å². The summed E-state index contributed by atoms with van der Waals surface area (Å²) in [6.45, 7) is 3.52. The highest BCUT2D eigenvalue weighted by molar-refractivity contribution is 6.05. The molecule has 0 unspecified atom stereocenters. The lowest BCUT2D eigenvalue weighted by Gasteiger charge is -2.11. The van der Waals surface area contributed by atoms with Crippen LogP contribution in [0.3, 0.4) is 0 Å². The van der Waals surface area contributed by atoms with Crippen molar-refractivity contribution in [3.05, 3.63) is 41.7 Å². The van der Waals surface area contributed by atoms with Gasteiger partial charge in [0.15, 0.2) is 6.61 Å².